The maximum Gasteiger partial charge on any atom is 0.332 e. The molecule has 2 atom stereocenters. The quantitative estimate of drug-likeness (QED) is 0.535. The number of allylic oxidation sites excluding steroid dienone is 1. The highest BCUT2D eigenvalue weighted by molar-refractivity contribution is 6.06. The van der Waals surface area contributed by atoms with Gasteiger partial charge in [0.1, 0.15) is 11.6 Å². The zero-order valence-corrected chi connectivity index (χ0v) is 17.4. The van der Waals surface area contributed by atoms with Gasteiger partial charge < -0.3 is 9.47 Å². The first-order valence-electron chi connectivity index (χ1n) is 10.2. The molecule has 156 valence electrons. The number of carbonyl (C=O) groups is 1. The average Bonchev–Trinajstić information content (AvgIpc) is 3.13. The Bertz CT molecular complexity index is 1030. The number of rotatable bonds is 5. The maximum atomic E-state index is 14.8. The van der Waals surface area contributed by atoms with Crippen molar-refractivity contribution in [2.75, 3.05) is 13.7 Å². The number of hydrogen-bond acceptors (Lipinski definition) is 5. The summed E-state index contributed by atoms with van der Waals surface area (Å²) < 4.78 is 25.2. The van der Waals surface area contributed by atoms with Crippen LogP contribution >= 0.6 is 0 Å². The molecule has 1 aliphatic heterocycles. The summed E-state index contributed by atoms with van der Waals surface area (Å²) in [7, 11) is 1.65. The van der Waals surface area contributed by atoms with Gasteiger partial charge >= 0.3 is 5.97 Å². The van der Waals surface area contributed by atoms with Gasteiger partial charge in [0.05, 0.1) is 25.5 Å². The number of ether oxygens (including phenoxy) is 2. The largest absolute Gasteiger partial charge is 0.497 e. The van der Waals surface area contributed by atoms with Crippen LogP contribution in [0.3, 0.4) is 0 Å². The van der Waals surface area contributed by atoms with E-state index in [9.17, 15) is 9.18 Å². The van der Waals surface area contributed by atoms with E-state index in [0.717, 1.165) is 29.9 Å². The number of methoxy groups -OCH3 is 1. The highest BCUT2D eigenvalue weighted by Crippen LogP contribution is 2.45. The van der Waals surface area contributed by atoms with Crippen LogP contribution in [0.25, 0.3) is 0 Å². The number of benzene rings is 2. The smallest absolute Gasteiger partial charge is 0.332 e. The van der Waals surface area contributed by atoms with Crippen LogP contribution in [0.4, 0.5) is 4.39 Å². The summed E-state index contributed by atoms with van der Waals surface area (Å²) in [4.78, 5) is 12.0. The highest BCUT2D eigenvalue weighted by atomic mass is 19.1. The summed E-state index contributed by atoms with van der Waals surface area (Å²) in [5, 5.41) is 6.66. The molecule has 0 fully saturated rings. The molecule has 0 bridgehead atoms. The van der Waals surface area contributed by atoms with Gasteiger partial charge in [-0.15, -0.1) is 0 Å². The zero-order valence-electron chi connectivity index (χ0n) is 17.4. The average molecular weight is 408 g/mol. The first-order chi connectivity index (χ1) is 14.5. The normalized spacial score (nSPS) is 20.3. The summed E-state index contributed by atoms with van der Waals surface area (Å²) in [5.41, 5.74) is 4.35. The Morgan fingerprint density at radius 3 is 2.83 bits per heavy atom. The van der Waals surface area contributed by atoms with Crippen LogP contribution in [0.5, 0.6) is 5.75 Å². The molecule has 0 saturated carbocycles. The molecule has 0 unspecified atom stereocenters. The number of carbonyl (C=O) groups excluding carboxylic acids is 1. The number of esters is 1. The predicted molar refractivity (Wildman–Crippen MR) is 113 cm³/mol. The van der Waals surface area contributed by atoms with Crippen LogP contribution in [-0.2, 0) is 16.0 Å². The summed E-state index contributed by atoms with van der Waals surface area (Å²) in [6.07, 6.45) is 3.12. The molecule has 2 aliphatic rings. The van der Waals surface area contributed by atoms with E-state index in [-0.39, 0.29) is 17.8 Å². The minimum absolute atomic E-state index is 0.0216. The van der Waals surface area contributed by atoms with Gasteiger partial charge in [-0.25, -0.2) is 9.18 Å². The van der Waals surface area contributed by atoms with Gasteiger partial charge in [-0.05, 0) is 56.5 Å². The van der Waals surface area contributed by atoms with E-state index in [1.165, 1.54) is 17.7 Å². The van der Waals surface area contributed by atoms with Crippen LogP contribution in [0.2, 0.25) is 0 Å². The number of hydrazone groups is 1. The lowest BCUT2D eigenvalue weighted by atomic mass is 9.77. The Hall–Kier alpha value is -3.15. The van der Waals surface area contributed by atoms with Crippen molar-refractivity contribution < 1.29 is 18.7 Å². The second kappa shape index (κ2) is 8.30. The van der Waals surface area contributed by atoms with Crippen molar-refractivity contribution in [1.82, 2.24) is 5.01 Å². The van der Waals surface area contributed by atoms with E-state index < -0.39 is 5.97 Å². The summed E-state index contributed by atoms with van der Waals surface area (Å²) in [5.74, 6) is 0.135. The third kappa shape index (κ3) is 3.58. The molecular formula is C24H25FN2O3. The molecule has 1 aliphatic carbocycles. The highest BCUT2D eigenvalue weighted by Gasteiger charge is 2.43. The van der Waals surface area contributed by atoms with Crippen molar-refractivity contribution in [3.63, 3.8) is 0 Å². The van der Waals surface area contributed by atoms with Gasteiger partial charge in [-0.2, -0.15) is 5.10 Å². The lowest BCUT2D eigenvalue weighted by Crippen LogP contribution is -2.29. The Kier molecular flexibility index (Phi) is 5.57. The van der Waals surface area contributed by atoms with Crippen LogP contribution < -0.4 is 4.74 Å². The Morgan fingerprint density at radius 1 is 1.30 bits per heavy atom. The van der Waals surface area contributed by atoms with Crippen molar-refractivity contribution in [1.29, 1.82) is 0 Å². The molecule has 2 aromatic rings. The molecular weight excluding hydrogens is 383 g/mol. The van der Waals surface area contributed by atoms with Gasteiger partial charge in [-0.1, -0.05) is 18.2 Å². The van der Waals surface area contributed by atoms with Crippen LogP contribution in [-0.4, -0.2) is 30.4 Å². The fourth-order valence-electron chi connectivity index (χ4n) is 4.37. The Morgan fingerprint density at radius 2 is 2.10 bits per heavy atom. The van der Waals surface area contributed by atoms with E-state index in [1.54, 1.807) is 38.1 Å². The number of nitrogens with zero attached hydrogens (tertiary/aromatic N) is 2. The van der Waals surface area contributed by atoms with E-state index in [4.69, 9.17) is 14.6 Å². The van der Waals surface area contributed by atoms with Crippen molar-refractivity contribution in [2.24, 2.45) is 11.0 Å². The first-order valence-corrected chi connectivity index (χ1v) is 10.2. The van der Waals surface area contributed by atoms with E-state index in [1.807, 2.05) is 24.3 Å². The Labute approximate surface area is 175 Å². The third-order valence-corrected chi connectivity index (χ3v) is 5.72. The van der Waals surface area contributed by atoms with Gasteiger partial charge in [0.15, 0.2) is 0 Å². The molecule has 0 radical (unpaired) electrons. The van der Waals surface area contributed by atoms with E-state index in [2.05, 4.69) is 0 Å². The summed E-state index contributed by atoms with van der Waals surface area (Å²) in [6, 6.07) is 12.4. The topological polar surface area (TPSA) is 51.1 Å². The second-order valence-electron chi connectivity index (χ2n) is 7.50. The van der Waals surface area contributed by atoms with Crippen molar-refractivity contribution in [3.05, 3.63) is 76.7 Å². The third-order valence-electron chi connectivity index (χ3n) is 5.72. The molecule has 1 heterocycles. The molecule has 0 N–H and O–H groups in total. The minimum atomic E-state index is -0.428. The predicted octanol–water partition coefficient (Wildman–Crippen LogP) is 4.62. The van der Waals surface area contributed by atoms with E-state index in [0.29, 0.717) is 17.9 Å². The number of aryl methyl sites for hydroxylation is 1. The fraction of sp³-hybridized carbons (Fsp3) is 0.333. The summed E-state index contributed by atoms with van der Waals surface area (Å²) >= 11 is 0. The van der Waals surface area contributed by atoms with Crippen LogP contribution in [0.15, 0.2) is 59.3 Å². The molecule has 0 amide bonds. The van der Waals surface area contributed by atoms with Crippen molar-refractivity contribution >= 4 is 11.7 Å². The lowest BCUT2D eigenvalue weighted by Gasteiger charge is -2.31. The molecule has 5 nitrogen and oxygen atoms in total. The molecule has 2 aromatic carbocycles. The van der Waals surface area contributed by atoms with Gasteiger partial charge in [0.25, 0.3) is 0 Å². The van der Waals surface area contributed by atoms with Gasteiger partial charge in [0.2, 0.25) is 0 Å². The molecule has 6 heteroatoms. The lowest BCUT2D eigenvalue weighted by molar-refractivity contribution is -0.137. The standard InChI is InChI=1S/C24H25FN2O3/c1-4-30-22(28)13-15(2)27-24(19-7-5-6-8-21(19)25)20-11-9-16-14-17(29-3)10-12-18(16)23(20)26-27/h5-8,10,12-14,20,24H,4,9,11H2,1-3H3/b15-13-/t20-,24+/m0/s1. The molecule has 0 spiro atoms. The molecule has 30 heavy (non-hydrogen) atoms. The molecule has 0 saturated heterocycles. The maximum absolute atomic E-state index is 14.8. The van der Waals surface area contributed by atoms with Gasteiger partial charge in [0, 0.05) is 28.8 Å². The van der Waals surface area contributed by atoms with Crippen LogP contribution in [0.1, 0.15) is 43.0 Å². The van der Waals surface area contributed by atoms with Gasteiger partial charge in [-0.3, -0.25) is 5.01 Å². The Balaban J connectivity index is 1.80. The minimum Gasteiger partial charge on any atom is -0.497 e. The van der Waals surface area contributed by atoms with E-state index >= 15 is 0 Å². The molecule has 4 rings (SSSR count). The number of fused-ring (bicyclic) bond motifs is 3. The number of halogens is 1. The monoisotopic (exact) mass is 408 g/mol. The fourth-order valence-corrected chi connectivity index (χ4v) is 4.37. The van der Waals surface area contributed by atoms with Crippen molar-refractivity contribution in [3.8, 4) is 5.75 Å². The first kappa shape index (κ1) is 20.1. The molecule has 0 aromatic heterocycles. The SMILES string of the molecule is CCOC(=O)/C=C(/C)N1N=C2c3ccc(OC)cc3CC[C@@H]2[C@H]1c1ccccc1F. The van der Waals surface area contributed by atoms with Crippen LogP contribution in [0, 0.1) is 11.7 Å². The second-order valence-corrected chi connectivity index (χ2v) is 7.50. The number of hydrogen-bond donors (Lipinski definition) is 0. The summed E-state index contributed by atoms with van der Waals surface area (Å²) in [6.45, 7) is 3.87. The van der Waals surface area contributed by atoms with Crippen molar-refractivity contribution in [2.45, 2.75) is 32.7 Å². The zero-order chi connectivity index (χ0) is 21.3.